The van der Waals surface area contributed by atoms with Crippen LogP contribution in [0.15, 0.2) is 60.8 Å². The van der Waals surface area contributed by atoms with E-state index in [2.05, 4.69) is 4.57 Å². The summed E-state index contributed by atoms with van der Waals surface area (Å²) in [7, 11) is 3.90. The summed E-state index contributed by atoms with van der Waals surface area (Å²) >= 11 is 0. The topological polar surface area (TPSA) is 28.5 Å². The number of carbonyl (C=O) groups excluding carboxylic acids is 1. The quantitative estimate of drug-likeness (QED) is 0.580. The molecule has 0 aliphatic carbocycles. The number of hydrogen-bond donors (Lipinski definition) is 0. The van der Waals surface area contributed by atoms with Crippen LogP contribution in [-0.2, 0) is 12.7 Å². The number of benzene rings is 2. The van der Waals surface area contributed by atoms with Crippen molar-refractivity contribution in [3.63, 3.8) is 0 Å². The minimum absolute atomic E-state index is 0.0489. The molecule has 2 aromatic carbocycles. The third kappa shape index (κ3) is 3.92. The minimum Gasteiger partial charge on any atom is -0.378 e. The molecule has 1 amide bonds. The standard InChI is InChI=1S/C24H24F3N3O/c1-16-6-7-18(15-20(16)24(25,26)27)23(31)30-14-13-29-12-4-5-21(29)22(30)17-8-10-19(11-9-17)28(2)3/h4-12,15,22H,13-14H2,1-3H3. The van der Waals surface area contributed by atoms with Gasteiger partial charge in [0, 0.05) is 50.3 Å². The highest BCUT2D eigenvalue weighted by Crippen LogP contribution is 2.36. The van der Waals surface area contributed by atoms with Crippen LogP contribution in [0, 0.1) is 6.92 Å². The Labute approximate surface area is 179 Å². The number of aromatic nitrogens is 1. The summed E-state index contributed by atoms with van der Waals surface area (Å²) in [5, 5.41) is 0. The molecule has 0 spiro atoms. The van der Waals surface area contributed by atoms with Gasteiger partial charge in [-0.3, -0.25) is 4.79 Å². The van der Waals surface area contributed by atoms with Crippen molar-refractivity contribution in [2.24, 2.45) is 0 Å². The van der Waals surface area contributed by atoms with Gasteiger partial charge < -0.3 is 14.4 Å². The highest BCUT2D eigenvalue weighted by atomic mass is 19.4. The Hall–Kier alpha value is -3.22. The zero-order valence-corrected chi connectivity index (χ0v) is 17.6. The summed E-state index contributed by atoms with van der Waals surface area (Å²) in [4.78, 5) is 17.1. The molecule has 1 unspecified atom stereocenters. The van der Waals surface area contributed by atoms with E-state index in [1.54, 1.807) is 4.90 Å². The van der Waals surface area contributed by atoms with Gasteiger partial charge in [-0.25, -0.2) is 0 Å². The number of fused-ring (bicyclic) bond motifs is 1. The predicted molar refractivity (Wildman–Crippen MR) is 114 cm³/mol. The normalized spacial score (nSPS) is 16.2. The highest BCUT2D eigenvalue weighted by Gasteiger charge is 2.36. The number of anilines is 1. The Morgan fingerprint density at radius 1 is 1.03 bits per heavy atom. The van der Waals surface area contributed by atoms with E-state index < -0.39 is 17.6 Å². The Morgan fingerprint density at radius 2 is 1.74 bits per heavy atom. The highest BCUT2D eigenvalue weighted by molar-refractivity contribution is 5.95. The maximum atomic E-state index is 13.4. The van der Waals surface area contributed by atoms with Gasteiger partial charge in [-0.1, -0.05) is 18.2 Å². The van der Waals surface area contributed by atoms with E-state index in [1.807, 2.05) is 61.6 Å². The van der Waals surface area contributed by atoms with E-state index in [0.29, 0.717) is 13.1 Å². The number of carbonyl (C=O) groups is 1. The zero-order valence-electron chi connectivity index (χ0n) is 17.6. The maximum Gasteiger partial charge on any atom is 0.416 e. The second kappa shape index (κ2) is 7.80. The molecule has 1 aliphatic heterocycles. The van der Waals surface area contributed by atoms with E-state index >= 15 is 0 Å². The molecule has 7 heteroatoms. The van der Waals surface area contributed by atoms with Gasteiger partial charge in [-0.05, 0) is 54.4 Å². The average molecular weight is 427 g/mol. The molecule has 0 saturated heterocycles. The molecule has 1 aliphatic rings. The van der Waals surface area contributed by atoms with Gasteiger partial charge in [0.1, 0.15) is 0 Å². The van der Waals surface area contributed by atoms with Crippen LogP contribution in [0.1, 0.15) is 38.8 Å². The van der Waals surface area contributed by atoms with Gasteiger partial charge in [0.05, 0.1) is 11.6 Å². The number of amides is 1. The Kier molecular flexibility index (Phi) is 5.29. The summed E-state index contributed by atoms with van der Waals surface area (Å²) in [5.74, 6) is -0.403. The maximum absolute atomic E-state index is 13.4. The van der Waals surface area contributed by atoms with Crippen molar-refractivity contribution in [2.45, 2.75) is 25.7 Å². The lowest BCUT2D eigenvalue weighted by Crippen LogP contribution is -2.42. The molecule has 0 saturated carbocycles. The van der Waals surface area contributed by atoms with Crippen molar-refractivity contribution in [1.29, 1.82) is 0 Å². The van der Waals surface area contributed by atoms with E-state index in [-0.39, 0.29) is 17.2 Å². The molecular formula is C24H24F3N3O. The van der Waals surface area contributed by atoms with Crippen molar-refractivity contribution >= 4 is 11.6 Å². The smallest absolute Gasteiger partial charge is 0.378 e. The van der Waals surface area contributed by atoms with Crippen LogP contribution in [-0.4, -0.2) is 36.0 Å². The first kappa shape index (κ1) is 21.0. The molecule has 1 atom stereocenters. The first-order chi connectivity index (χ1) is 14.7. The lowest BCUT2D eigenvalue weighted by molar-refractivity contribution is -0.138. The molecule has 2 heterocycles. The van der Waals surface area contributed by atoms with E-state index in [0.717, 1.165) is 23.0 Å². The van der Waals surface area contributed by atoms with Crippen molar-refractivity contribution in [3.8, 4) is 0 Å². The van der Waals surface area contributed by atoms with Crippen molar-refractivity contribution in [3.05, 3.63) is 88.7 Å². The van der Waals surface area contributed by atoms with Crippen LogP contribution in [0.4, 0.5) is 18.9 Å². The Bertz CT molecular complexity index is 1100. The van der Waals surface area contributed by atoms with Gasteiger partial charge in [0.25, 0.3) is 5.91 Å². The van der Waals surface area contributed by atoms with Crippen LogP contribution >= 0.6 is 0 Å². The Balaban J connectivity index is 1.75. The molecule has 1 aromatic heterocycles. The van der Waals surface area contributed by atoms with E-state index in [4.69, 9.17) is 0 Å². The molecule has 4 nitrogen and oxygen atoms in total. The van der Waals surface area contributed by atoms with Crippen LogP contribution in [0.25, 0.3) is 0 Å². The van der Waals surface area contributed by atoms with Crippen LogP contribution < -0.4 is 4.90 Å². The van der Waals surface area contributed by atoms with Crippen molar-refractivity contribution in [1.82, 2.24) is 9.47 Å². The largest absolute Gasteiger partial charge is 0.416 e. The molecular weight excluding hydrogens is 403 g/mol. The molecule has 0 bridgehead atoms. The number of aryl methyl sites for hydroxylation is 1. The Morgan fingerprint density at radius 3 is 2.39 bits per heavy atom. The molecule has 0 radical (unpaired) electrons. The molecule has 162 valence electrons. The fourth-order valence-corrected chi connectivity index (χ4v) is 4.13. The summed E-state index contributed by atoms with van der Waals surface area (Å²) in [5.41, 5.74) is 2.27. The third-order valence-electron chi connectivity index (χ3n) is 5.81. The monoisotopic (exact) mass is 427 g/mol. The first-order valence-electron chi connectivity index (χ1n) is 10.1. The molecule has 3 aromatic rings. The number of rotatable bonds is 3. The van der Waals surface area contributed by atoms with Gasteiger partial charge >= 0.3 is 6.18 Å². The van der Waals surface area contributed by atoms with Crippen molar-refractivity contribution < 1.29 is 18.0 Å². The molecule has 4 rings (SSSR count). The van der Waals surface area contributed by atoms with Crippen LogP contribution in [0.2, 0.25) is 0 Å². The summed E-state index contributed by atoms with van der Waals surface area (Å²) in [6, 6.07) is 15.2. The molecule has 0 N–H and O–H groups in total. The molecule has 0 fully saturated rings. The van der Waals surface area contributed by atoms with Crippen molar-refractivity contribution in [2.75, 3.05) is 25.5 Å². The summed E-state index contributed by atoms with van der Waals surface area (Å²) in [6.45, 7) is 2.41. The number of nitrogens with zero attached hydrogens (tertiary/aromatic N) is 3. The lowest BCUT2D eigenvalue weighted by Gasteiger charge is -2.37. The zero-order chi connectivity index (χ0) is 22.3. The average Bonchev–Trinajstić information content (AvgIpc) is 3.21. The van der Waals surface area contributed by atoms with E-state index in [1.165, 1.54) is 19.1 Å². The summed E-state index contributed by atoms with van der Waals surface area (Å²) in [6.07, 6.45) is -2.54. The van der Waals surface area contributed by atoms with E-state index in [9.17, 15) is 18.0 Å². The third-order valence-corrected chi connectivity index (χ3v) is 5.81. The first-order valence-corrected chi connectivity index (χ1v) is 10.1. The summed E-state index contributed by atoms with van der Waals surface area (Å²) < 4.78 is 42.3. The number of halogens is 3. The minimum atomic E-state index is -4.50. The van der Waals surface area contributed by atoms with Gasteiger partial charge in [0.15, 0.2) is 0 Å². The van der Waals surface area contributed by atoms with Crippen LogP contribution in [0.5, 0.6) is 0 Å². The SMILES string of the molecule is Cc1ccc(C(=O)N2CCn3cccc3C2c2ccc(N(C)C)cc2)cc1C(F)(F)F. The molecule has 31 heavy (non-hydrogen) atoms. The van der Waals surface area contributed by atoms with Gasteiger partial charge in [0.2, 0.25) is 0 Å². The second-order valence-corrected chi connectivity index (χ2v) is 8.04. The number of alkyl halides is 3. The van der Waals surface area contributed by atoms with Gasteiger partial charge in [-0.2, -0.15) is 13.2 Å². The second-order valence-electron chi connectivity index (χ2n) is 8.04. The van der Waals surface area contributed by atoms with Gasteiger partial charge in [-0.15, -0.1) is 0 Å². The predicted octanol–water partition coefficient (Wildman–Crippen LogP) is 5.13. The fraction of sp³-hybridized carbons (Fsp3) is 0.292. The number of hydrogen-bond acceptors (Lipinski definition) is 2. The lowest BCUT2D eigenvalue weighted by atomic mass is 9.97. The fourth-order valence-electron chi connectivity index (χ4n) is 4.13. The van der Waals surface area contributed by atoms with Crippen LogP contribution in [0.3, 0.4) is 0 Å².